The van der Waals surface area contributed by atoms with Crippen molar-refractivity contribution in [2.45, 2.75) is 29.5 Å². The highest BCUT2D eigenvalue weighted by molar-refractivity contribution is 8.01. The Morgan fingerprint density at radius 2 is 1.93 bits per heavy atom. The standard InChI is InChI=1S/C21H22N4O3S/c26-18(23-13-15-6-5-9-22-12-15)14-25-16-7-1-2-8-17(16)29-19(21(25)28)20(27)24-10-3-4-11-24/h1-2,5-9,12,19H,3-4,10-11,13-14H2,(H,23,26)/t19-/m1/s1. The summed E-state index contributed by atoms with van der Waals surface area (Å²) in [5, 5.41) is 1.98. The highest BCUT2D eigenvalue weighted by Gasteiger charge is 2.41. The van der Waals surface area contributed by atoms with Gasteiger partial charge in [-0.25, -0.2) is 0 Å². The first-order valence-corrected chi connectivity index (χ1v) is 10.5. The molecule has 0 saturated carbocycles. The number of hydrogen-bond acceptors (Lipinski definition) is 5. The van der Waals surface area contributed by atoms with E-state index in [1.807, 2.05) is 30.3 Å². The number of hydrogen-bond donors (Lipinski definition) is 1. The lowest BCUT2D eigenvalue weighted by atomic mass is 10.2. The molecule has 1 saturated heterocycles. The Morgan fingerprint density at radius 1 is 1.14 bits per heavy atom. The van der Waals surface area contributed by atoms with Gasteiger partial charge in [0.25, 0.3) is 5.91 Å². The second-order valence-corrected chi connectivity index (χ2v) is 8.21. The van der Waals surface area contributed by atoms with E-state index in [1.54, 1.807) is 23.4 Å². The summed E-state index contributed by atoms with van der Waals surface area (Å²) in [4.78, 5) is 46.7. The molecule has 2 aliphatic rings. The molecule has 1 N–H and O–H groups in total. The van der Waals surface area contributed by atoms with Crippen LogP contribution in [0.1, 0.15) is 18.4 Å². The number of para-hydroxylation sites is 1. The molecule has 7 nitrogen and oxygen atoms in total. The van der Waals surface area contributed by atoms with Crippen LogP contribution in [0, 0.1) is 0 Å². The normalized spacial score (nSPS) is 18.5. The fourth-order valence-corrected chi connectivity index (χ4v) is 4.73. The zero-order valence-electron chi connectivity index (χ0n) is 15.9. The minimum absolute atomic E-state index is 0.125. The highest BCUT2D eigenvalue weighted by atomic mass is 32.2. The van der Waals surface area contributed by atoms with Crippen LogP contribution in [0.2, 0.25) is 0 Å². The van der Waals surface area contributed by atoms with Crippen molar-refractivity contribution in [1.82, 2.24) is 15.2 Å². The number of thioether (sulfide) groups is 1. The SMILES string of the molecule is O=C(CN1C(=O)[C@@H](C(=O)N2CCCC2)Sc2ccccc21)NCc1cccnc1. The molecule has 1 fully saturated rings. The summed E-state index contributed by atoms with van der Waals surface area (Å²) < 4.78 is 0. The zero-order valence-corrected chi connectivity index (χ0v) is 16.7. The summed E-state index contributed by atoms with van der Waals surface area (Å²) in [5.74, 6) is -0.772. The van der Waals surface area contributed by atoms with Gasteiger partial charge in [0, 0.05) is 36.9 Å². The first kappa shape index (κ1) is 19.4. The topological polar surface area (TPSA) is 82.6 Å². The molecular formula is C21H22N4O3S. The van der Waals surface area contributed by atoms with Gasteiger partial charge < -0.3 is 15.1 Å². The van der Waals surface area contributed by atoms with E-state index in [-0.39, 0.29) is 24.3 Å². The van der Waals surface area contributed by atoms with Crippen molar-refractivity contribution < 1.29 is 14.4 Å². The summed E-state index contributed by atoms with van der Waals surface area (Å²) in [5.41, 5.74) is 1.55. The van der Waals surface area contributed by atoms with Gasteiger partial charge in [0.15, 0.2) is 5.25 Å². The van der Waals surface area contributed by atoms with Gasteiger partial charge in [-0.2, -0.15) is 0 Å². The zero-order chi connectivity index (χ0) is 20.2. The van der Waals surface area contributed by atoms with Gasteiger partial charge in [0.2, 0.25) is 11.8 Å². The quantitative estimate of drug-likeness (QED) is 0.761. The minimum Gasteiger partial charge on any atom is -0.350 e. The molecule has 2 aromatic rings. The van der Waals surface area contributed by atoms with Crippen molar-refractivity contribution in [1.29, 1.82) is 0 Å². The van der Waals surface area contributed by atoms with Crippen LogP contribution in [0.4, 0.5) is 5.69 Å². The van der Waals surface area contributed by atoms with Crippen molar-refractivity contribution in [3.05, 3.63) is 54.4 Å². The van der Waals surface area contributed by atoms with Crippen molar-refractivity contribution in [2.24, 2.45) is 0 Å². The predicted molar refractivity (Wildman–Crippen MR) is 110 cm³/mol. The Morgan fingerprint density at radius 3 is 2.69 bits per heavy atom. The van der Waals surface area contributed by atoms with Crippen LogP contribution in [-0.4, -0.2) is 52.5 Å². The third-order valence-corrected chi connectivity index (χ3v) is 6.29. The molecule has 0 unspecified atom stereocenters. The molecule has 150 valence electrons. The number of nitrogens with zero attached hydrogens (tertiary/aromatic N) is 3. The molecule has 29 heavy (non-hydrogen) atoms. The Bertz CT molecular complexity index is 915. The van der Waals surface area contributed by atoms with Gasteiger partial charge in [-0.3, -0.25) is 19.4 Å². The molecule has 1 aromatic heterocycles. The molecule has 0 radical (unpaired) electrons. The van der Waals surface area contributed by atoms with E-state index >= 15 is 0 Å². The maximum absolute atomic E-state index is 13.2. The van der Waals surface area contributed by atoms with Gasteiger partial charge in [0.05, 0.1) is 5.69 Å². The van der Waals surface area contributed by atoms with E-state index < -0.39 is 5.25 Å². The van der Waals surface area contributed by atoms with Gasteiger partial charge in [0.1, 0.15) is 6.54 Å². The molecule has 4 rings (SSSR count). The molecule has 8 heteroatoms. The van der Waals surface area contributed by atoms with Crippen LogP contribution in [0.25, 0.3) is 0 Å². The summed E-state index contributed by atoms with van der Waals surface area (Å²) in [7, 11) is 0. The lowest BCUT2D eigenvalue weighted by Gasteiger charge is -2.34. The maximum Gasteiger partial charge on any atom is 0.250 e. The van der Waals surface area contributed by atoms with Gasteiger partial charge in [-0.05, 0) is 36.6 Å². The van der Waals surface area contributed by atoms with Gasteiger partial charge in [-0.1, -0.05) is 18.2 Å². The lowest BCUT2D eigenvalue weighted by Crippen LogP contribution is -2.51. The molecule has 0 aliphatic carbocycles. The predicted octanol–water partition coefficient (Wildman–Crippen LogP) is 1.83. The second-order valence-electron chi connectivity index (χ2n) is 7.06. The van der Waals surface area contributed by atoms with E-state index in [9.17, 15) is 14.4 Å². The summed E-state index contributed by atoms with van der Waals surface area (Å²) in [6.45, 7) is 1.59. The molecule has 1 atom stereocenters. The van der Waals surface area contributed by atoms with Crippen molar-refractivity contribution in [3.63, 3.8) is 0 Å². The van der Waals surface area contributed by atoms with E-state index in [2.05, 4.69) is 10.3 Å². The molecular weight excluding hydrogens is 388 g/mol. The third kappa shape index (κ3) is 4.27. The van der Waals surface area contributed by atoms with Crippen LogP contribution in [-0.2, 0) is 20.9 Å². The first-order chi connectivity index (χ1) is 14.1. The number of carbonyl (C=O) groups is 3. The van der Waals surface area contributed by atoms with E-state index in [4.69, 9.17) is 0 Å². The second kappa shape index (κ2) is 8.65. The van der Waals surface area contributed by atoms with Crippen LogP contribution in [0.15, 0.2) is 53.7 Å². The van der Waals surface area contributed by atoms with Crippen molar-refractivity contribution in [2.75, 3.05) is 24.5 Å². The monoisotopic (exact) mass is 410 g/mol. The van der Waals surface area contributed by atoms with E-state index in [0.29, 0.717) is 25.3 Å². The van der Waals surface area contributed by atoms with E-state index in [0.717, 1.165) is 23.3 Å². The van der Waals surface area contributed by atoms with Gasteiger partial charge >= 0.3 is 0 Å². The largest absolute Gasteiger partial charge is 0.350 e. The van der Waals surface area contributed by atoms with Crippen LogP contribution in [0.5, 0.6) is 0 Å². The van der Waals surface area contributed by atoms with Crippen molar-refractivity contribution in [3.8, 4) is 0 Å². The number of pyridine rings is 1. The smallest absolute Gasteiger partial charge is 0.250 e. The van der Waals surface area contributed by atoms with Crippen LogP contribution < -0.4 is 10.2 Å². The average Bonchev–Trinajstić information content (AvgIpc) is 3.29. The van der Waals surface area contributed by atoms with Crippen LogP contribution >= 0.6 is 11.8 Å². The average molecular weight is 410 g/mol. The number of rotatable bonds is 5. The molecule has 3 amide bonds. The lowest BCUT2D eigenvalue weighted by molar-refractivity contribution is -0.134. The Hall–Kier alpha value is -2.87. The third-order valence-electron chi connectivity index (χ3n) is 5.05. The van der Waals surface area contributed by atoms with E-state index in [1.165, 1.54) is 16.7 Å². The Kier molecular flexibility index (Phi) is 5.80. The van der Waals surface area contributed by atoms with Gasteiger partial charge in [-0.15, -0.1) is 11.8 Å². The van der Waals surface area contributed by atoms with Crippen LogP contribution in [0.3, 0.4) is 0 Å². The number of amides is 3. The summed E-state index contributed by atoms with van der Waals surface area (Å²) >= 11 is 1.28. The maximum atomic E-state index is 13.2. The molecule has 3 heterocycles. The number of aromatic nitrogens is 1. The number of likely N-dealkylation sites (tertiary alicyclic amines) is 1. The number of benzene rings is 1. The highest BCUT2D eigenvalue weighted by Crippen LogP contribution is 2.39. The number of fused-ring (bicyclic) bond motifs is 1. The number of nitrogens with one attached hydrogen (secondary N) is 1. The Balaban J connectivity index is 1.50. The fourth-order valence-electron chi connectivity index (χ4n) is 3.54. The summed E-state index contributed by atoms with van der Waals surface area (Å²) in [6.07, 6.45) is 5.29. The minimum atomic E-state index is -0.839. The van der Waals surface area contributed by atoms with Crippen molar-refractivity contribution >= 4 is 35.2 Å². The molecule has 0 bridgehead atoms. The number of anilines is 1. The number of carbonyl (C=O) groups excluding carboxylic acids is 3. The molecule has 2 aliphatic heterocycles. The fraction of sp³-hybridized carbons (Fsp3) is 0.333. The summed E-state index contributed by atoms with van der Waals surface area (Å²) in [6, 6.07) is 11.1. The first-order valence-electron chi connectivity index (χ1n) is 9.65. The Labute approximate surface area is 173 Å². The molecule has 1 aromatic carbocycles. The molecule has 0 spiro atoms.